The van der Waals surface area contributed by atoms with Crippen LogP contribution >= 0.6 is 0 Å². The second-order valence-corrected chi connectivity index (χ2v) is 6.49. The van der Waals surface area contributed by atoms with E-state index in [9.17, 15) is 0 Å². The van der Waals surface area contributed by atoms with Crippen LogP contribution in [-0.2, 0) is 6.54 Å². The molecule has 0 unspecified atom stereocenters. The minimum absolute atomic E-state index is 0.642. The Hall–Kier alpha value is -1.16. The summed E-state index contributed by atoms with van der Waals surface area (Å²) >= 11 is 0. The predicted molar refractivity (Wildman–Crippen MR) is 88.5 cm³/mol. The van der Waals surface area contributed by atoms with Gasteiger partial charge in [0.2, 0.25) is 5.95 Å². The average Bonchev–Trinajstić information content (AvgIpc) is 3.00. The molecule has 1 aromatic heterocycles. The number of anilines is 1. The summed E-state index contributed by atoms with van der Waals surface area (Å²) in [6.45, 7) is 9.59. The molecule has 0 spiro atoms. The van der Waals surface area contributed by atoms with Crippen LogP contribution in [0.3, 0.4) is 0 Å². The zero-order valence-electron chi connectivity index (χ0n) is 13.8. The van der Waals surface area contributed by atoms with E-state index < -0.39 is 0 Å². The third kappa shape index (κ3) is 4.95. The van der Waals surface area contributed by atoms with E-state index in [-0.39, 0.29) is 0 Å². The molecule has 21 heavy (non-hydrogen) atoms. The first kappa shape index (κ1) is 16.2. The van der Waals surface area contributed by atoms with Crippen molar-refractivity contribution in [2.75, 3.05) is 18.0 Å². The SMILES string of the molecule is CCNCc1cnc(N(CCC(C)C)C2CCCC2)nc1. The van der Waals surface area contributed by atoms with Gasteiger partial charge in [-0.05, 0) is 31.7 Å². The van der Waals surface area contributed by atoms with Gasteiger partial charge in [0, 0.05) is 37.1 Å². The molecule has 0 aromatic carbocycles. The van der Waals surface area contributed by atoms with E-state index in [0.29, 0.717) is 6.04 Å². The van der Waals surface area contributed by atoms with Crippen molar-refractivity contribution in [3.63, 3.8) is 0 Å². The highest BCUT2D eigenvalue weighted by atomic mass is 15.3. The van der Waals surface area contributed by atoms with Gasteiger partial charge < -0.3 is 10.2 Å². The molecular weight excluding hydrogens is 260 g/mol. The summed E-state index contributed by atoms with van der Waals surface area (Å²) in [5.41, 5.74) is 1.16. The largest absolute Gasteiger partial charge is 0.338 e. The van der Waals surface area contributed by atoms with Crippen LogP contribution in [0.1, 0.15) is 58.4 Å². The number of nitrogens with zero attached hydrogens (tertiary/aromatic N) is 3. The van der Waals surface area contributed by atoms with E-state index >= 15 is 0 Å². The molecule has 1 aliphatic rings. The van der Waals surface area contributed by atoms with Gasteiger partial charge >= 0.3 is 0 Å². The van der Waals surface area contributed by atoms with Crippen LogP contribution in [0.25, 0.3) is 0 Å². The van der Waals surface area contributed by atoms with Crippen LogP contribution in [0, 0.1) is 5.92 Å². The maximum Gasteiger partial charge on any atom is 0.225 e. The van der Waals surface area contributed by atoms with Crippen LogP contribution < -0.4 is 10.2 Å². The highest BCUT2D eigenvalue weighted by Gasteiger charge is 2.24. The van der Waals surface area contributed by atoms with Gasteiger partial charge in [0.25, 0.3) is 0 Å². The predicted octanol–water partition coefficient (Wildman–Crippen LogP) is 3.38. The normalized spacial score (nSPS) is 15.8. The van der Waals surface area contributed by atoms with Crippen LogP contribution in [-0.4, -0.2) is 29.1 Å². The standard InChI is InChI=1S/C17H30N4/c1-4-18-11-15-12-19-17(20-13-15)21(10-9-14(2)3)16-7-5-6-8-16/h12-14,16,18H,4-11H2,1-3H3. The first-order valence-corrected chi connectivity index (χ1v) is 8.49. The lowest BCUT2D eigenvalue weighted by Gasteiger charge is -2.29. The lowest BCUT2D eigenvalue weighted by atomic mass is 10.1. The summed E-state index contributed by atoms with van der Waals surface area (Å²) in [5, 5.41) is 3.31. The van der Waals surface area contributed by atoms with Crippen molar-refractivity contribution in [3.8, 4) is 0 Å². The molecule has 1 aliphatic carbocycles. The van der Waals surface area contributed by atoms with Crippen molar-refractivity contribution in [2.45, 2.75) is 65.5 Å². The molecule has 0 radical (unpaired) electrons. The minimum Gasteiger partial charge on any atom is -0.338 e. The van der Waals surface area contributed by atoms with Crippen LogP contribution in [0.15, 0.2) is 12.4 Å². The van der Waals surface area contributed by atoms with Gasteiger partial charge in [0.05, 0.1) is 0 Å². The van der Waals surface area contributed by atoms with E-state index in [1.165, 1.54) is 32.1 Å². The Labute approximate surface area is 129 Å². The summed E-state index contributed by atoms with van der Waals surface area (Å²) in [6, 6.07) is 0.642. The van der Waals surface area contributed by atoms with Crippen molar-refractivity contribution in [2.24, 2.45) is 5.92 Å². The Kier molecular flexibility index (Phi) is 6.43. The summed E-state index contributed by atoms with van der Waals surface area (Å²) in [6.07, 6.45) is 10.4. The second-order valence-electron chi connectivity index (χ2n) is 6.49. The number of nitrogens with one attached hydrogen (secondary N) is 1. The Morgan fingerprint density at radius 1 is 1.24 bits per heavy atom. The van der Waals surface area contributed by atoms with E-state index in [1.807, 2.05) is 12.4 Å². The van der Waals surface area contributed by atoms with Crippen LogP contribution in [0.5, 0.6) is 0 Å². The molecule has 1 heterocycles. The molecule has 1 aromatic rings. The zero-order valence-corrected chi connectivity index (χ0v) is 13.8. The zero-order chi connectivity index (χ0) is 15.1. The van der Waals surface area contributed by atoms with E-state index in [1.54, 1.807) is 0 Å². The van der Waals surface area contributed by atoms with E-state index in [0.717, 1.165) is 37.1 Å². The van der Waals surface area contributed by atoms with Gasteiger partial charge in [-0.25, -0.2) is 9.97 Å². The molecule has 2 rings (SSSR count). The van der Waals surface area contributed by atoms with Gasteiger partial charge in [0.1, 0.15) is 0 Å². The summed E-state index contributed by atoms with van der Waals surface area (Å²) < 4.78 is 0. The van der Waals surface area contributed by atoms with Crippen molar-refractivity contribution < 1.29 is 0 Å². The molecule has 0 bridgehead atoms. The topological polar surface area (TPSA) is 41.1 Å². The molecular formula is C17H30N4. The minimum atomic E-state index is 0.642. The molecule has 4 nitrogen and oxygen atoms in total. The fourth-order valence-corrected chi connectivity index (χ4v) is 2.92. The Morgan fingerprint density at radius 2 is 1.90 bits per heavy atom. The molecule has 4 heteroatoms. The summed E-state index contributed by atoms with van der Waals surface area (Å²) in [4.78, 5) is 11.7. The van der Waals surface area contributed by atoms with Crippen molar-refractivity contribution in [3.05, 3.63) is 18.0 Å². The molecule has 0 atom stereocenters. The maximum absolute atomic E-state index is 4.63. The summed E-state index contributed by atoms with van der Waals surface area (Å²) in [7, 11) is 0. The molecule has 1 saturated carbocycles. The van der Waals surface area contributed by atoms with Gasteiger partial charge in [-0.3, -0.25) is 0 Å². The number of rotatable bonds is 8. The Morgan fingerprint density at radius 3 is 2.48 bits per heavy atom. The number of hydrogen-bond acceptors (Lipinski definition) is 4. The first-order chi connectivity index (χ1) is 10.2. The average molecular weight is 290 g/mol. The van der Waals surface area contributed by atoms with Crippen LogP contribution in [0.4, 0.5) is 5.95 Å². The smallest absolute Gasteiger partial charge is 0.225 e. The van der Waals surface area contributed by atoms with Gasteiger partial charge in [-0.1, -0.05) is 33.6 Å². The number of hydrogen-bond donors (Lipinski definition) is 1. The maximum atomic E-state index is 4.63. The monoisotopic (exact) mass is 290 g/mol. The van der Waals surface area contributed by atoms with Crippen molar-refractivity contribution in [1.29, 1.82) is 0 Å². The van der Waals surface area contributed by atoms with Crippen molar-refractivity contribution >= 4 is 5.95 Å². The highest BCUT2D eigenvalue weighted by Crippen LogP contribution is 2.26. The molecule has 0 aliphatic heterocycles. The lowest BCUT2D eigenvalue weighted by molar-refractivity contribution is 0.520. The Balaban J connectivity index is 2.04. The van der Waals surface area contributed by atoms with E-state index in [2.05, 4.69) is 41.0 Å². The Bertz CT molecular complexity index is 396. The summed E-state index contributed by atoms with van der Waals surface area (Å²) in [5.74, 6) is 1.64. The van der Waals surface area contributed by atoms with Gasteiger partial charge in [-0.15, -0.1) is 0 Å². The fourth-order valence-electron chi connectivity index (χ4n) is 2.92. The molecule has 0 saturated heterocycles. The quantitative estimate of drug-likeness (QED) is 0.797. The third-order valence-electron chi connectivity index (χ3n) is 4.24. The molecule has 0 amide bonds. The van der Waals surface area contributed by atoms with Crippen LogP contribution in [0.2, 0.25) is 0 Å². The second kappa shape index (κ2) is 8.32. The van der Waals surface area contributed by atoms with E-state index in [4.69, 9.17) is 0 Å². The molecule has 118 valence electrons. The molecule has 1 fully saturated rings. The first-order valence-electron chi connectivity index (χ1n) is 8.49. The van der Waals surface area contributed by atoms with Gasteiger partial charge in [0.15, 0.2) is 0 Å². The number of aromatic nitrogens is 2. The molecule has 1 N–H and O–H groups in total. The van der Waals surface area contributed by atoms with Gasteiger partial charge in [-0.2, -0.15) is 0 Å². The third-order valence-corrected chi connectivity index (χ3v) is 4.24. The highest BCUT2D eigenvalue weighted by molar-refractivity contribution is 5.32. The lowest BCUT2D eigenvalue weighted by Crippen LogP contribution is -2.36. The van der Waals surface area contributed by atoms with Crippen molar-refractivity contribution in [1.82, 2.24) is 15.3 Å². The fraction of sp³-hybridized carbons (Fsp3) is 0.765.